The third kappa shape index (κ3) is 5.17. The van der Waals surface area contributed by atoms with Crippen molar-refractivity contribution in [1.29, 1.82) is 0 Å². The minimum Gasteiger partial charge on any atom is -0.393 e. The van der Waals surface area contributed by atoms with Gasteiger partial charge in [0.1, 0.15) is 0 Å². The number of nitrogens with zero attached hydrogens (tertiary/aromatic N) is 2. The van der Waals surface area contributed by atoms with E-state index in [4.69, 9.17) is 19.4 Å². The number of esters is 4. The highest BCUT2D eigenvalue weighted by Gasteiger charge is 2.38. The Morgan fingerprint density at radius 2 is 1.76 bits per heavy atom. The fourth-order valence-electron chi connectivity index (χ4n) is 6.90. The van der Waals surface area contributed by atoms with Gasteiger partial charge in [-0.1, -0.05) is 26.5 Å². The summed E-state index contributed by atoms with van der Waals surface area (Å²) < 4.78 is 10.1. The third-order valence-corrected chi connectivity index (χ3v) is 9.38. The zero-order valence-corrected chi connectivity index (χ0v) is 26.8. The molecule has 10 nitrogen and oxygen atoms in total. The first kappa shape index (κ1) is 30.9. The summed E-state index contributed by atoms with van der Waals surface area (Å²) in [5.74, 6) is -3.29. The molecule has 2 atom stereocenters. The van der Waals surface area contributed by atoms with Crippen molar-refractivity contribution in [2.24, 2.45) is 0 Å². The standard InChI is InChI=1S/C36H36N4O6/c1-8-21-16(3)25-13-27-18(5)23(10-11-31(42)45-20(7)41)34(39-27)24-12-32(43)46-36(44)33-19(6)28(40-35(24)33)15-30-22(9-2)17(4)26(38-30)14-29(21)37-25/h8,13-15,18,23,37-38H,1,9-12H2,2-7H3. The Labute approximate surface area is 266 Å². The fraction of sp³-hybridized carbons (Fsp3) is 0.333. The molecule has 3 aliphatic rings. The predicted octanol–water partition coefficient (Wildman–Crippen LogP) is 6.45. The molecule has 2 unspecified atom stereocenters. The molecule has 6 heterocycles. The van der Waals surface area contributed by atoms with Gasteiger partial charge in [0.05, 0.1) is 29.1 Å². The molecule has 3 aromatic rings. The van der Waals surface area contributed by atoms with Gasteiger partial charge in [0, 0.05) is 64.1 Å². The quantitative estimate of drug-likeness (QED) is 0.245. The molecule has 8 bridgehead atoms. The lowest BCUT2D eigenvalue weighted by molar-refractivity contribution is -0.159. The van der Waals surface area contributed by atoms with Gasteiger partial charge in [-0.3, -0.25) is 19.4 Å². The third-order valence-electron chi connectivity index (χ3n) is 9.38. The predicted molar refractivity (Wildman–Crippen MR) is 174 cm³/mol. The van der Waals surface area contributed by atoms with Gasteiger partial charge < -0.3 is 19.4 Å². The van der Waals surface area contributed by atoms with Crippen molar-refractivity contribution < 1.29 is 28.7 Å². The Balaban J connectivity index is 1.74. The molecule has 0 fully saturated rings. The van der Waals surface area contributed by atoms with Crippen LogP contribution in [0.4, 0.5) is 0 Å². The molecule has 0 aromatic carbocycles. The molecule has 0 saturated heterocycles. The first-order chi connectivity index (χ1) is 21.9. The second-order valence-electron chi connectivity index (χ2n) is 12.1. The van der Waals surface area contributed by atoms with Crippen LogP contribution >= 0.6 is 0 Å². The van der Waals surface area contributed by atoms with Gasteiger partial charge in [-0.15, -0.1) is 0 Å². The van der Waals surface area contributed by atoms with Crippen LogP contribution in [0, 0.1) is 13.8 Å². The van der Waals surface area contributed by atoms with E-state index in [1.807, 2.05) is 32.1 Å². The van der Waals surface area contributed by atoms with Crippen LogP contribution in [0.25, 0.3) is 39.3 Å². The van der Waals surface area contributed by atoms with Crippen LogP contribution in [0.5, 0.6) is 0 Å². The topological polar surface area (TPSA) is 144 Å². The lowest BCUT2D eigenvalue weighted by Gasteiger charge is -2.17. The Hall–Kier alpha value is -5.12. The molecule has 0 spiro atoms. The van der Waals surface area contributed by atoms with Crippen molar-refractivity contribution in [3.05, 3.63) is 75.4 Å². The van der Waals surface area contributed by atoms with E-state index in [0.29, 0.717) is 34.6 Å². The maximum atomic E-state index is 13.3. The summed E-state index contributed by atoms with van der Waals surface area (Å²) in [6.45, 7) is 15.3. The van der Waals surface area contributed by atoms with Crippen LogP contribution < -0.4 is 0 Å². The number of aromatic amines is 2. The number of hydrogen-bond donors (Lipinski definition) is 2. The van der Waals surface area contributed by atoms with E-state index < -0.39 is 23.9 Å². The summed E-state index contributed by atoms with van der Waals surface area (Å²) in [5.41, 5.74) is 11.3. The fourth-order valence-corrected chi connectivity index (χ4v) is 6.90. The molecule has 10 heteroatoms. The number of ether oxygens (including phenoxy) is 2. The number of fused-ring (bicyclic) bond motifs is 8. The molecule has 46 heavy (non-hydrogen) atoms. The number of allylic oxidation sites excluding steroid dienone is 1. The SMILES string of the molecule is C=Cc1c(C)c2cc3nc(c4c5nc(cc6[nH]c(cc1[nH]2)c(C)c6CC)C(C)=C5C(=O)OC(=O)C4)C(CCC(=O)OC(C)=O)C3C. The highest BCUT2D eigenvalue weighted by Crippen LogP contribution is 2.44. The average Bonchev–Trinajstić information content (AvgIpc) is 3.64. The molecule has 0 radical (unpaired) electrons. The normalized spacial score (nSPS) is 17.5. The molecular formula is C36H36N4O6. The van der Waals surface area contributed by atoms with Gasteiger partial charge in [0.2, 0.25) is 0 Å². The second kappa shape index (κ2) is 11.7. The number of aromatic nitrogens is 4. The minimum absolute atomic E-state index is 0.0355. The van der Waals surface area contributed by atoms with Crippen LogP contribution in [0.1, 0.15) is 103 Å². The van der Waals surface area contributed by atoms with Gasteiger partial charge in [0.15, 0.2) is 0 Å². The van der Waals surface area contributed by atoms with E-state index in [0.717, 1.165) is 56.4 Å². The summed E-state index contributed by atoms with van der Waals surface area (Å²) >= 11 is 0. The molecular weight excluding hydrogens is 584 g/mol. The maximum absolute atomic E-state index is 13.3. The lowest BCUT2D eigenvalue weighted by atomic mass is 9.84. The van der Waals surface area contributed by atoms with Crippen molar-refractivity contribution >= 4 is 63.2 Å². The molecule has 0 amide bonds. The lowest BCUT2D eigenvalue weighted by Crippen LogP contribution is -2.14. The number of hydrogen-bond acceptors (Lipinski definition) is 8. The Morgan fingerprint density at radius 3 is 2.46 bits per heavy atom. The van der Waals surface area contributed by atoms with Crippen LogP contribution in [0.3, 0.4) is 0 Å². The van der Waals surface area contributed by atoms with Crippen molar-refractivity contribution in [2.45, 2.75) is 79.1 Å². The first-order valence-corrected chi connectivity index (χ1v) is 15.5. The summed E-state index contributed by atoms with van der Waals surface area (Å²) in [6, 6.07) is 6.00. The van der Waals surface area contributed by atoms with Gasteiger partial charge in [0.25, 0.3) is 0 Å². The number of aryl methyl sites for hydroxylation is 3. The summed E-state index contributed by atoms with van der Waals surface area (Å²) in [5, 5.41) is 0. The zero-order chi connectivity index (χ0) is 33.0. The summed E-state index contributed by atoms with van der Waals surface area (Å²) in [4.78, 5) is 67.4. The number of carbonyl (C=O) groups excluding carboxylic acids is 4. The van der Waals surface area contributed by atoms with Gasteiger partial charge in [-0.25, -0.2) is 9.78 Å². The second-order valence-corrected chi connectivity index (χ2v) is 12.1. The van der Waals surface area contributed by atoms with Gasteiger partial charge >= 0.3 is 23.9 Å². The van der Waals surface area contributed by atoms with Crippen LogP contribution in [0.15, 0.2) is 24.8 Å². The molecule has 3 aromatic heterocycles. The van der Waals surface area contributed by atoms with Crippen LogP contribution in [0.2, 0.25) is 0 Å². The molecule has 0 saturated carbocycles. The molecule has 3 aliphatic heterocycles. The average molecular weight is 621 g/mol. The Bertz CT molecular complexity index is 2080. The van der Waals surface area contributed by atoms with E-state index in [9.17, 15) is 19.2 Å². The Morgan fingerprint density at radius 1 is 1.04 bits per heavy atom. The molecule has 2 N–H and O–H groups in total. The van der Waals surface area contributed by atoms with E-state index in [1.54, 1.807) is 6.92 Å². The maximum Gasteiger partial charge on any atom is 0.348 e. The Kier molecular flexibility index (Phi) is 7.83. The van der Waals surface area contributed by atoms with Crippen molar-refractivity contribution in [2.75, 3.05) is 0 Å². The van der Waals surface area contributed by atoms with Crippen molar-refractivity contribution in [3.8, 4) is 0 Å². The molecule has 236 valence electrons. The largest absolute Gasteiger partial charge is 0.393 e. The van der Waals surface area contributed by atoms with E-state index in [1.165, 1.54) is 6.92 Å². The summed E-state index contributed by atoms with van der Waals surface area (Å²) in [7, 11) is 0. The van der Waals surface area contributed by atoms with E-state index in [2.05, 4.69) is 36.5 Å². The minimum atomic E-state index is -0.750. The van der Waals surface area contributed by atoms with Crippen molar-refractivity contribution in [3.63, 3.8) is 0 Å². The van der Waals surface area contributed by atoms with E-state index in [-0.39, 0.29) is 30.3 Å². The number of nitrogens with one attached hydrogen (secondary N) is 2. The van der Waals surface area contributed by atoms with Gasteiger partial charge in [-0.2, -0.15) is 0 Å². The highest BCUT2D eigenvalue weighted by atomic mass is 16.6. The van der Waals surface area contributed by atoms with E-state index >= 15 is 0 Å². The van der Waals surface area contributed by atoms with Crippen LogP contribution in [-0.4, -0.2) is 43.8 Å². The highest BCUT2D eigenvalue weighted by molar-refractivity contribution is 6.28. The first-order valence-electron chi connectivity index (χ1n) is 15.5. The number of carbonyl (C=O) groups is 4. The van der Waals surface area contributed by atoms with Crippen LogP contribution in [-0.2, 0) is 41.5 Å². The van der Waals surface area contributed by atoms with Crippen molar-refractivity contribution in [1.82, 2.24) is 19.9 Å². The van der Waals surface area contributed by atoms with Gasteiger partial charge in [-0.05, 0) is 74.1 Å². The number of cyclic esters (lactones) is 2. The zero-order valence-electron chi connectivity index (χ0n) is 26.8. The number of rotatable bonds is 5. The molecule has 6 rings (SSSR count). The summed E-state index contributed by atoms with van der Waals surface area (Å²) in [6.07, 6.45) is 2.66. The number of H-pyrrole nitrogens is 2. The smallest absolute Gasteiger partial charge is 0.348 e. The monoisotopic (exact) mass is 620 g/mol. The molecule has 0 aliphatic carbocycles.